The molecule has 0 bridgehead atoms. The zero-order valence-corrected chi connectivity index (χ0v) is 14.0. The maximum Gasteiger partial charge on any atom is 0.355 e. The number of nitrogens with zero attached hydrogens (tertiary/aromatic N) is 1. The molecular formula is C12H13Br2NO5. The van der Waals surface area contributed by atoms with Gasteiger partial charge in [-0.25, -0.2) is 4.79 Å². The van der Waals surface area contributed by atoms with Gasteiger partial charge in [-0.15, -0.1) is 0 Å². The molecule has 0 amide bonds. The van der Waals surface area contributed by atoms with E-state index in [0.29, 0.717) is 26.7 Å². The Hall–Kier alpha value is -1.28. The monoisotopic (exact) mass is 409 g/mol. The Morgan fingerprint density at radius 1 is 1.40 bits per heavy atom. The SMILES string of the molecule is COC(=O)/C(CCc1cc(Br)c(OC)c(Br)c1O)=N/O. The number of esters is 1. The molecule has 1 rings (SSSR count). The molecule has 0 fully saturated rings. The summed E-state index contributed by atoms with van der Waals surface area (Å²) < 4.78 is 10.7. The first-order chi connectivity index (χ1) is 9.46. The molecule has 1 aromatic carbocycles. The number of carbonyl (C=O) groups is 1. The van der Waals surface area contributed by atoms with Gasteiger partial charge in [0.1, 0.15) is 10.2 Å². The van der Waals surface area contributed by atoms with Crippen LogP contribution in [0.4, 0.5) is 0 Å². The number of ether oxygens (including phenoxy) is 2. The van der Waals surface area contributed by atoms with Gasteiger partial charge < -0.3 is 19.8 Å². The lowest BCUT2D eigenvalue weighted by Crippen LogP contribution is -2.16. The molecule has 0 unspecified atom stereocenters. The average Bonchev–Trinajstić information content (AvgIpc) is 2.44. The second kappa shape index (κ2) is 7.49. The Balaban J connectivity index is 2.97. The summed E-state index contributed by atoms with van der Waals surface area (Å²) in [5.41, 5.74) is 0.449. The Morgan fingerprint density at radius 2 is 2.05 bits per heavy atom. The zero-order valence-electron chi connectivity index (χ0n) is 10.8. The van der Waals surface area contributed by atoms with Crippen LogP contribution in [0, 0.1) is 0 Å². The van der Waals surface area contributed by atoms with Gasteiger partial charge in [-0.2, -0.15) is 0 Å². The molecule has 0 aromatic heterocycles. The zero-order chi connectivity index (χ0) is 15.3. The van der Waals surface area contributed by atoms with E-state index in [4.69, 9.17) is 9.94 Å². The third kappa shape index (κ3) is 3.63. The van der Waals surface area contributed by atoms with Crippen LogP contribution in [0.5, 0.6) is 11.5 Å². The molecule has 0 aliphatic heterocycles. The number of aryl methyl sites for hydroxylation is 1. The molecule has 0 atom stereocenters. The summed E-state index contributed by atoms with van der Waals surface area (Å²) in [6.07, 6.45) is 0.420. The van der Waals surface area contributed by atoms with Crippen molar-refractivity contribution in [2.75, 3.05) is 14.2 Å². The molecule has 0 aliphatic rings. The molecule has 0 heterocycles. The normalized spacial score (nSPS) is 11.3. The molecule has 20 heavy (non-hydrogen) atoms. The highest BCUT2D eigenvalue weighted by Gasteiger charge is 2.18. The summed E-state index contributed by atoms with van der Waals surface area (Å²) in [6.45, 7) is 0. The largest absolute Gasteiger partial charge is 0.506 e. The molecule has 110 valence electrons. The van der Waals surface area contributed by atoms with Gasteiger partial charge in [0.15, 0.2) is 11.5 Å². The maximum absolute atomic E-state index is 11.3. The predicted octanol–water partition coefficient (Wildman–Crippen LogP) is 2.86. The second-order valence-corrected chi connectivity index (χ2v) is 5.40. The quantitative estimate of drug-likeness (QED) is 0.337. The summed E-state index contributed by atoms with van der Waals surface area (Å²) in [5, 5.41) is 21.7. The summed E-state index contributed by atoms with van der Waals surface area (Å²) in [6, 6.07) is 1.67. The standard InChI is InChI=1S/C12H13Br2NO5/c1-19-11-7(13)5-6(10(16)9(11)14)3-4-8(15-18)12(17)20-2/h5,16,18H,3-4H2,1-2H3/b15-8+. The van der Waals surface area contributed by atoms with E-state index in [1.807, 2.05) is 0 Å². The highest BCUT2D eigenvalue weighted by molar-refractivity contribution is 9.11. The summed E-state index contributed by atoms with van der Waals surface area (Å²) >= 11 is 6.55. The first kappa shape index (κ1) is 16.8. The fraction of sp³-hybridized carbons (Fsp3) is 0.333. The van der Waals surface area contributed by atoms with Crippen molar-refractivity contribution in [2.45, 2.75) is 12.8 Å². The average molecular weight is 411 g/mol. The van der Waals surface area contributed by atoms with Crippen LogP contribution in [0.3, 0.4) is 0 Å². The number of hydrogen-bond acceptors (Lipinski definition) is 6. The Morgan fingerprint density at radius 3 is 2.55 bits per heavy atom. The molecular weight excluding hydrogens is 398 g/mol. The Labute approximate surface area is 132 Å². The van der Waals surface area contributed by atoms with Crippen molar-refractivity contribution in [1.29, 1.82) is 0 Å². The van der Waals surface area contributed by atoms with Crippen LogP contribution in [0.25, 0.3) is 0 Å². The van der Waals surface area contributed by atoms with Crippen LogP contribution >= 0.6 is 31.9 Å². The van der Waals surface area contributed by atoms with E-state index in [-0.39, 0.29) is 17.9 Å². The lowest BCUT2D eigenvalue weighted by Gasteiger charge is -2.12. The number of aromatic hydroxyl groups is 1. The Kier molecular flexibility index (Phi) is 6.28. The van der Waals surface area contributed by atoms with Gasteiger partial charge >= 0.3 is 5.97 Å². The number of halogens is 2. The van der Waals surface area contributed by atoms with E-state index in [1.165, 1.54) is 14.2 Å². The van der Waals surface area contributed by atoms with E-state index >= 15 is 0 Å². The molecule has 0 spiro atoms. The minimum Gasteiger partial charge on any atom is -0.506 e. The third-order valence-electron chi connectivity index (χ3n) is 2.61. The summed E-state index contributed by atoms with van der Waals surface area (Å²) in [5.74, 6) is -0.235. The van der Waals surface area contributed by atoms with Crippen molar-refractivity contribution in [2.24, 2.45) is 5.16 Å². The molecule has 6 nitrogen and oxygen atoms in total. The smallest absolute Gasteiger partial charge is 0.355 e. The number of methoxy groups -OCH3 is 2. The van der Waals surface area contributed by atoms with Gasteiger partial charge in [-0.05, 0) is 49.9 Å². The van der Waals surface area contributed by atoms with Gasteiger partial charge in [-0.3, -0.25) is 0 Å². The van der Waals surface area contributed by atoms with Crippen molar-refractivity contribution < 1.29 is 24.6 Å². The number of phenolic OH excluding ortho intramolecular Hbond substituents is 1. The van der Waals surface area contributed by atoms with Crippen molar-refractivity contribution in [3.63, 3.8) is 0 Å². The van der Waals surface area contributed by atoms with Crippen LogP contribution in [-0.2, 0) is 16.0 Å². The first-order valence-electron chi connectivity index (χ1n) is 5.49. The van der Waals surface area contributed by atoms with Crippen molar-refractivity contribution >= 4 is 43.5 Å². The highest BCUT2D eigenvalue weighted by atomic mass is 79.9. The van der Waals surface area contributed by atoms with E-state index in [0.717, 1.165) is 0 Å². The molecule has 2 N–H and O–H groups in total. The van der Waals surface area contributed by atoms with Crippen LogP contribution in [0.2, 0.25) is 0 Å². The molecule has 8 heteroatoms. The van der Waals surface area contributed by atoms with Crippen molar-refractivity contribution in [3.05, 3.63) is 20.6 Å². The maximum atomic E-state index is 11.3. The predicted molar refractivity (Wildman–Crippen MR) is 79.6 cm³/mol. The van der Waals surface area contributed by atoms with E-state index in [1.54, 1.807) is 6.07 Å². The van der Waals surface area contributed by atoms with E-state index in [2.05, 4.69) is 41.8 Å². The molecule has 1 aromatic rings. The number of rotatable bonds is 5. The highest BCUT2D eigenvalue weighted by Crippen LogP contribution is 2.42. The minimum atomic E-state index is -0.710. The minimum absolute atomic E-state index is 0.00667. The van der Waals surface area contributed by atoms with Gasteiger partial charge in [0.05, 0.1) is 18.7 Å². The van der Waals surface area contributed by atoms with Gasteiger partial charge in [0.25, 0.3) is 0 Å². The number of benzene rings is 1. The number of hydrogen-bond donors (Lipinski definition) is 2. The van der Waals surface area contributed by atoms with Crippen molar-refractivity contribution in [3.8, 4) is 11.5 Å². The topological polar surface area (TPSA) is 88.4 Å². The number of oxime groups is 1. The van der Waals surface area contributed by atoms with Gasteiger partial charge in [-0.1, -0.05) is 5.16 Å². The van der Waals surface area contributed by atoms with Crippen molar-refractivity contribution in [1.82, 2.24) is 0 Å². The Bertz CT molecular complexity index is 545. The lowest BCUT2D eigenvalue weighted by atomic mass is 10.1. The lowest BCUT2D eigenvalue weighted by molar-refractivity contribution is -0.133. The fourth-order valence-electron chi connectivity index (χ4n) is 1.58. The molecule has 0 aliphatic carbocycles. The molecule has 0 radical (unpaired) electrons. The molecule has 0 saturated heterocycles. The first-order valence-corrected chi connectivity index (χ1v) is 7.07. The van der Waals surface area contributed by atoms with Crippen LogP contribution in [0.1, 0.15) is 12.0 Å². The molecule has 0 saturated carbocycles. The van der Waals surface area contributed by atoms with E-state index in [9.17, 15) is 9.90 Å². The van der Waals surface area contributed by atoms with Crippen LogP contribution < -0.4 is 4.74 Å². The number of carbonyl (C=O) groups excluding carboxylic acids is 1. The third-order valence-corrected chi connectivity index (χ3v) is 3.93. The van der Waals surface area contributed by atoms with Crippen LogP contribution in [-0.4, -0.2) is 36.2 Å². The fourth-order valence-corrected chi connectivity index (χ4v) is 3.11. The van der Waals surface area contributed by atoms with Gasteiger partial charge in [0, 0.05) is 6.42 Å². The summed E-state index contributed by atoms with van der Waals surface area (Å²) in [7, 11) is 2.68. The number of phenols is 1. The van der Waals surface area contributed by atoms with Crippen LogP contribution in [0.15, 0.2) is 20.2 Å². The van der Waals surface area contributed by atoms with E-state index < -0.39 is 5.97 Å². The summed E-state index contributed by atoms with van der Waals surface area (Å²) in [4.78, 5) is 11.3. The van der Waals surface area contributed by atoms with Gasteiger partial charge in [0.2, 0.25) is 0 Å². The second-order valence-electron chi connectivity index (χ2n) is 3.75.